The molecule has 1 unspecified atom stereocenters. The van der Waals surface area contributed by atoms with Crippen LogP contribution in [0.3, 0.4) is 0 Å². The minimum absolute atomic E-state index is 0.105. The number of nitrogens with zero attached hydrogens (tertiary/aromatic N) is 1. The van der Waals surface area contributed by atoms with Crippen molar-refractivity contribution >= 4 is 0 Å². The second kappa shape index (κ2) is 5.72. The van der Waals surface area contributed by atoms with Crippen LogP contribution in [0.5, 0.6) is 5.75 Å². The Labute approximate surface area is 110 Å². The van der Waals surface area contributed by atoms with Crippen LogP contribution in [0.4, 0.5) is 0 Å². The van der Waals surface area contributed by atoms with E-state index in [0.29, 0.717) is 0 Å². The van der Waals surface area contributed by atoms with E-state index >= 15 is 0 Å². The summed E-state index contributed by atoms with van der Waals surface area (Å²) in [5.74, 6) is 0.926. The van der Waals surface area contributed by atoms with E-state index in [0.717, 1.165) is 18.8 Å². The summed E-state index contributed by atoms with van der Waals surface area (Å²) in [4.78, 5) is 2.27. The van der Waals surface area contributed by atoms with E-state index in [4.69, 9.17) is 4.74 Å². The third kappa shape index (κ3) is 2.85. The number of nitrogens with one attached hydrogen (secondary N) is 1. The van der Waals surface area contributed by atoms with Gasteiger partial charge in [-0.3, -0.25) is 0 Å². The Morgan fingerprint density at radius 2 is 1.94 bits per heavy atom. The van der Waals surface area contributed by atoms with Gasteiger partial charge in [0.1, 0.15) is 5.75 Å². The molecule has 1 N–H and O–H groups in total. The molecule has 1 aliphatic heterocycles. The van der Waals surface area contributed by atoms with Gasteiger partial charge in [-0.25, -0.2) is 0 Å². The average Bonchev–Trinajstić information content (AvgIpc) is 2.39. The minimum atomic E-state index is 0.105. The van der Waals surface area contributed by atoms with Crippen molar-refractivity contribution in [2.75, 3.05) is 34.3 Å². The third-order valence-electron chi connectivity index (χ3n) is 3.72. The molecule has 0 amide bonds. The van der Waals surface area contributed by atoms with Crippen LogP contribution in [0.15, 0.2) is 24.3 Å². The number of piperidine rings is 1. The van der Waals surface area contributed by atoms with Crippen molar-refractivity contribution in [3.63, 3.8) is 0 Å². The normalized spacial score (nSPS) is 24.2. The summed E-state index contributed by atoms with van der Waals surface area (Å²) in [6, 6.07) is 8.51. The van der Waals surface area contributed by atoms with Crippen molar-refractivity contribution in [1.29, 1.82) is 0 Å². The Balaban J connectivity index is 2.26. The fourth-order valence-electron chi connectivity index (χ4n) is 2.89. The molecule has 1 aromatic rings. The molecule has 0 radical (unpaired) electrons. The van der Waals surface area contributed by atoms with Crippen LogP contribution in [0.25, 0.3) is 0 Å². The van der Waals surface area contributed by atoms with Crippen LogP contribution in [0.2, 0.25) is 0 Å². The topological polar surface area (TPSA) is 24.5 Å². The molecular formula is C15H24N2O. The van der Waals surface area contributed by atoms with Gasteiger partial charge in [-0.1, -0.05) is 12.1 Å². The molecule has 0 saturated carbocycles. The number of benzene rings is 1. The highest BCUT2D eigenvalue weighted by molar-refractivity contribution is 5.32. The smallest absolute Gasteiger partial charge is 0.118 e. The Hall–Kier alpha value is -1.06. The number of ether oxygens (including phenoxy) is 1. The zero-order valence-corrected chi connectivity index (χ0v) is 11.7. The van der Waals surface area contributed by atoms with Crippen LogP contribution in [-0.2, 0) is 5.54 Å². The van der Waals surface area contributed by atoms with Crippen molar-refractivity contribution in [3.05, 3.63) is 29.8 Å². The lowest BCUT2D eigenvalue weighted by Gasteiger charge is -2.41. The number of hydrogen-bond donors (Lipinski definition) is 1. The summed E-state index contributed by atoms with van der Waals surface area (Å²) in [7, 11) is 5.99. The number of likely N-dealkylation sites (N-methyl/N-ethyl adjacent to an activating group) is 1. The second-order valence-electron chi connectivity index (χ2n) is 5.43. The van der Waals surface area contributed by atoms with Gasteiger partial charge in [0.05, 0.1) is 12.6 Å². The van der Waals surface area contributed by atoms with E-state index in [1.807, 2.05) is 0 Å². The van der Waals surface area contributed by atoms with Crippen LogP contribution < -0.4 is 10.1 Å². The highest BCUT2D eigenvalue weighted by Crippen LogP contribution is 2.32. The molecular weight excluding hydrogens is 224 g/mol. The lowest BCUT2D eigenvalue weighted by atomic mass is 9.82. The number of rotatable bonds is 4. The summed E-state index contributed by atoms with van der Waals surface area (Å²) in [5, 5.41) is 3.74. The van der Waals surface area contributed by atoms with Gasteiger partial charge in [0.15, 0.2) is 0 Å². The second-order valence-corrected chi connectivity index (χ2v) is 5.43. The van der Waals surface area contributed by atoms with E-state index in [2.05, 4.69) is 48.6 Å². The highest BCUT2D eigenvalue weighted by Gasteiger charge is 2.33. The Morgan fingerprint density at radius 3 is 2.44 bits per heavy atom. The quantitative estimate of drug-likeness (QED) is 0.884. The summed E-state index contributed by atoms with van der Waals surface area (Å²) >= 11 is 0. The molecule has 0 aliphatic carbocycles. The van der Waals surface area contributed by atoms with E-state index in [1.165, 1.54) is 24.8 Å². The van der Waals surface area contributed by atoms with Crippen molar-refractivity contribution in [1.82, 2.24) is 10.2 Å². The largest absolute Gasteiger partial charge is 0.497 e. The molecule has 1 fully saturated rings. The van der Waals surface area contributed by atoms with Crippen molar-refractivity contribution < 1.29 is 4.74 Å². The number of methoxy groups -OCH3 is 1. The maximum Gasteiger partial charge on any atom is 0.118 e. The van der Waals surface area contributed by atoms with E-state index < -0.39 is 0 Å². The highest BCUT2D eigenvalue weighted by atomic mass is 16.5. The van der Waals surface area contributed by atoms with Crippen LogP contribution in [0.1, 0.15) is 24.8 Å². The summed E-state index contributed by atoms with van der Waals surface area (Å²) < 4.78 is 5.24. The average molecular weight is 248 g/mol. The van der Waals surface area contributed by atoms with Crippen LogP contribution in [0, 0.1) is 0 Å². The standard InChI is InChI=1S/C15H24N2O/c1-17(2)12-15(10-4-5-11-16-15)13-6-8-14(18-3)9-7-13/h6-9,16H,4-5,10-12H2,1-3H3. The molecule has 1 aromatic carbocycles. The van der Waals surface area contributed by atoms with Gasteiger partial charge in [0.2, 0.25) is 0 Å². The summed E-state index contributed by atoms with van der Waals surface area (Å²) in [6.07, 6.45) is 3.79. The minimum Gasteiger partial charge on any atom is -0.497 e. The van der Waals surface area contributed by atoms with E-state index in [-0.39, 0.29) is 5.54 Å². The van der Waals surface area contributed by atoms with Crippen molar-refractivity contribution in [2.24, 2.45) is 0 Å². The molecule has 0 bridgehead atoms. The Kier molecular flexibility index (Phi) is 4.25. The molecule has 100 valence electrons. The fourth-order valence-corrected chi connectivity index (χ4v) is 2.89. The predicted octanol–water partition coefficient (Wildman–Crippen LogP) is 2.23. The van der Waals surface area contributed by atoms with Crippen molar-refractivity contribution in [3.8, 4) is 5.75 Å². The van der Waals surface area contributed by atoms with Crippen molar-refractivity contribution in [2.45, 2.75) is 24.8 Å². The SMILES string of the molecule is COc1ccc(C2(CN(C)C)CCCCN2)cc1. The Morgan fingerprint density at radius 1 is 1.22 bits per heavy atom. The van der Waals surface area contributed by atoms with E-state index in [9.17, 15) is 0 Å². The predicted molar refractivity (Wildman–Crippen MR) is 75.1 cm³/mol. The van der Waals surface area contributed by atoms with Gasteiger partial charge < -0.3 is 15.0 Å². The van der Waals surface area contributed by atoms with E-state index in [1.54, 1.807) is 7.11 Å². The molecule has 0 spiro atoms. The summed E-state index contributed by atoms with van der Waals surface area (Å²) in [6.45, 7) is 2.15. The first-order valence-corrected chi connectivity index (χ1v) is 6.71. The molecule has 1 aliphatic rings. The zero-order valence-electron chi connectivity index (χ0n) is 11.7. The van der Waals surface area contributed by atoms with Crippen LogP contribution in [-0.4, -0.2) is 39.2 Å². The first kappa shape index (κ1) is 13.4. The van der Waals surface area contributed by atoms with Gasteiger partial charge in [-0.2, -0.15) is 0 Å². The molecule has 1 saturated heterocycles. The van der Waals surface area contributed by atoms with Gasteiger partial charge in [-0.15, -0.1) is 0 Å². The molecule has 18 heavy (non-hydrogen) atoms. The third-order valence-corrected chi connectivity index (χ3v) is 3.72. The fraction of sp³-hybridized carbons (Fsp3) is 0.600. The first-order chi connectivity index (χ1) is 8.66. The maximum absolute atomic E-state index is 5.24. The molecule has 1 atom stereocenters. The maximum atomic E-state index is 5.24. The zero-order chi connectivity index (χ0) is 13.0. The van der Waals surface area contributed by atoms with Crippen LogP contribution >= 0.6 is 0 Å². The lowest BCUT2D eigenvalue weighted by Crippen LogP contribution is -2.52. The molecule has 0 aromatic heterocycles. The van der Waals surface area contributed by atoms with Gasteiger partial charge in [-0.05, 0) is 57.6 Å². The molecule has 1 heterocycles. The summed E-state index contributed by atoms with van der Waals surface area (Å²) in [5.41, 5.74) is 1.48. The molecule has 3 heteroatoms. The number of hydrogen-bond acceptors (Lipinski definition) is 3. The first-order valence-electron chi connectivity index (χ1n) is 6.71. The lowest BCUT2D eigenvalue weighted by molar-refractivity contribution is 0.190. The Bertz CT molecular complexity index is 367. The van der Waals surface area contributed by atoms with Gasteiger partial charge in [0, 0.05) is 6.54 Å². The van der Waals surface area contributed by atoms with Gasteiger partial charge >= 0.3 is 0 Å². The monoisotopic (exact) mass is 248 g/mol. The molecule has 3 nitrogen and oxygen atoms in total. The van der Waals surface area contributed by atoms with Gasteiger partial charge in [0.25, 0.3) is 0 Å². The molecule has 2 rings (SSSR count).